The fourth-order valence-corrected chi connectivity index (χ4v) is 3.94. The van der Waals surface area contributed by atoms with Crippen molar-refractivity contribution in [2.24, 2.45) is 5.92 Å². The maximum atomic E-state index is 12.3. The summed E-state index contributed by atoms with van der Waals surface area (Å²) in [5.41, 5.74) is 0. The average molecular weight is 316 g/mol. The van der Waals surface area contributed by atoms with E-state index in [9.17, 15) is 4.21 Å². The number of nitrogens with one attached hydrogen (secondary N) is 1. The van der Waals surface area contributed by atoms with Crippen molar-refractivity contribution < 1.29 is 4.21 Å². The van der Waals surface area contributed by atoms with Crippen LogP contribution in [-0.2, 0) is 10.8 Å². The van der Waals surface area contributed by atoms with E-state index in [0.717, 1.165) is 27.6 Å². The van der Waals surface area contributed by atoms with Gasteiger partial charge in [0.05, 0.1) is 10.8 Å². The molecule has 0 bridgehead atoms. The first-order valence-electron chi connectivity index (χ1n) is 6.08. The predicted molar refractivity (Wildman–Crippen MR) is 75.6 cm³/mol. The monoisotopic (exact) mass is 315 g/mol. The van der Waals surface area contributed by atoms with Gasteiger partial charge in [0.15, 0.2) is 0 Å². The van der Waals surface area contributed by atoms with Gasteiger partial charge in [-0.2, -0.15) is 0 Å². The van der Waals surface area contributed by atoms with E-state index in [4.69, 9.17) is 0 Å². The molecule has 2 rings (SSSR count). The van der Waals surface area contributed by atoms with Crippen LogP contribution in [0.1, 0.15) is 19.8 Å². The van der Waals surface area contributed by atoms with E-state index in [1.807, 2.05) is 24.3 Å². The third-order valence-electron chi connectivity index (χ3n) is 3.05. The zero-order valence-electron chi connectivity index (χ0n) is 9.99. The molecule has 0 amide bonds. The summed E-state index contributed by atoms with van der Waals surface area (Å²) in [6, 6.07) is 8.21. The molecule has 1 aromatic rings. The lowest BCUT2D eigenvalue weighted by Gasteiger charge is -2.16. The van der Waals surface area contributed by atoms with Gasteiger partial charge < -0.3 is 5.32 Å². The summed E-state index contributed by atoms with van der Waals surface area (Å²) >= 11 is 3.42. The summed E-state index contributed by atoms with van der Waals surface area (Å²) in [5.74, 6) is 1.47. The Kier molecular flexibility index (Phi) is 4.77. The predicted octanol–water partition coefficient (Wildman–Crippen LogP) is 2.94. The molecule has 1 N–H and O–H groups in total. The molecule has 2 atom stereocenters. The van der Waals surface area contributed by atoms with Crippen LogP contribution in [0.2, 0.25) is 0 Å². The minimum atomic E-state index is -0.898. The van der Waals surface area contributed by atoms with Gasteiger partial charge in [-0.25, -0.2) is 0 Å². The van der Waals surface area contributed by atoms with Crippen LogP contribution in [0.15, 0.2) is 33.6 Å². The maximum absolute atomic E-state index is 12.3. The van der Waals surface area contributed by atoms with Gasteiger partial charge in [0.25, 0.3) is 0 Å². The Morgan fingerprint density at radius 3 is 2.88 bits per heavy atom. The molecule has 0 heterocycles. The Morgan fingerprint density at radius 1 is 1.53 bits per heavy atom. The minimum Gasteiger partial charge on any atom is -0.313 e. The van der Waals surface area contributed by atoms with Crippen LogP contribution >= 0.6 is 15.9 Å². The van der Waals surface area contributed by atoms with E-state index in [2.05, 4.69) is 28.2 Å². The zero-order valence-corrected chi connectivity index (χ0v) is 12.4. The molecule has 1 saturated carbocycles. The van der Waals surface area contributed by atoms with Crippen molar-refractivity contribution in [2.75, 3.05) is 12.3 Å². The molecule has 2 nitrogen and oxygen atoms in total. The van der Waals surface area contributed by atoms with Crippen molar-refractivity contribution in [2.45, 2.75) is 30.7 Å². The lowest BCUT2D eigenvalue weighted by Crippen LogP contribution is -2.35. The van der Waals surface area contributed by atoms with Crippen molar-refractivity contribution in [3.8, 4) is 0 Å². The second kappa shape index (κ2) is 6.12. The second-order valence-corrected chi connectivity index (χ2v) is 6.88. The van der Waals surface area contributed by atoms with Crippen molar-refractivity contribution in [1.82, 2.24) is 5.32 Å². The molecule has 1 fully saturated rings. The van der Waals surface area contributed by atoms with E-state index < -0.39 is 10.8 Å². The molecule has 17 heavy (non-hydrogen) atoms. The van der Waals surface area contributed by atoms with E-state index >= 15 is 0 Å². The molecule has 0 spiro atoms. The Balaban J connectivity index is 1.99. The van der Waals surface area contributed by atoms with Crippen molar-refractivity contribution >= 4 is 26.7 Å². The van der Waals surface area contributed by atoms with E-state index in [1.54, 1.807) is 0 Å². The van der Waals surface area contributed by atoms with E-state index in [0.29, 0.717) is 6.04 Å². The SMILES string of the molecule is CCNC(CS(=O)c1cccc(Br)c1)C1CC1. The van der Waals surface area contributed by atoms with Crippen LogP contribution in [0.5, 0.6) is 0 Å². The van der Waals surface area contributed by atoms with Gasteiger partial charge in [-0.3, -0.25) is 4.21 Å². The summed E-state index contributed by atoms with van der Waals surface area (Å²) < 4.78 is 13.3. The topological polar surface area (TPSA) is 29.1 Å². The Morgan fingerprint density at radius 2 is 2.29 bits per heavy atom. The summed E-state index contributed by atoms with van der Waals surface area (Å²) in [7, 11) is -0.898. The Labute approximate surface area is 114 Å². The normalized spacial score (nSPS) is 18.9. The average Bonchev–Trinajstić information content (AvgIpc) is 3.12. The van der Waals surface area contributed by atoms with Gasteiger partial charge in [-0.1, -0.05) is 28.9 Å². The summed E-state index contributed by atoms with van der Waals surface area (Å²) in [6.07, 6.45) is 2.57. The van der Waals surface area contributed by atoms with Crippen LogP contribution in [0.3, 0.4) is 0 Å². The smallest absolute Gasteiger partial charge is 0.0545 e. The molecule has 0 saturated heterocycles. The minimum absolute atomic E-state index is 0.416. The highest BCUT2D eigenvalue weighted by atomic mass is 79.9. The second-order valence-electron chi connectivity index (χ2n) is 4.47. The lowest BCUT2D eigenvalue weighted by atomic mass is 10.2. The fraction of sp³-hybridized carbons (Fsp3) is 0.538. The first-order chi connectivity index (χ1) is 8.20. The summed E-state index contributed by atoms with van der Waals surface area (Å²) in [6.45, 7) is 3.06. The van der Waals surface area contributed by atoms with Crippen LogP contribution < -0.4 is 5.32 Å². The first kappa shape index (κ1) is 13.2. The van der Waals surface area contributed by atoms with Gasteiger partial charge in [-0.15, -0.1) is 0 Å². The molecule has 2 unspecified atom stereocenters. The van der Waals surface area contributed by atoms with Crippen LogP contribution in [0.4, 0.5) is 0 Å². The van der Waals surface area contributed by atoms with E-state index in [-0.39, 0.29) is 0 Å². The molecule has 0 aromatic heterocycles. The zero-order chi connectivity index (χ0) is 12.3. The Bertz CT molecular complexity index is 406. The molecular weight excluding hydrogens is 298 g/mol. The van der Waals surface area contributed by atoms with Gasteiger partial charge in [0.1, 0.15) is 0 Å². The molecule has 0 aliphatic heterocycles. The van der Waals surface area contributed by atoms with Crippen LogP contribution in [-0.4, -0.2) is 22.5 Å². The number of hydrogen-bond donors (Lipinski definition) is 1. The van der Waals surface area contributed by atoms with Crippen molar-refractivity contribution in [1.29, 1.82) is 0 Å². The molecule has 94 valence electrons. The number of benzene rings is 1. The highest BCUT2D eigenvalue weighted by Crippen LogP contribution is 2.33. The Hall–Kier alpha value is -0.190. The molecule has 4 heteroatoms. The summed E-state index contributed by atoms with van der Waals surface area (Å²) in [5, 5.41) is 3.46. The van der Waals surface area contributed by atoms with Gasteiger partial charge in [-0.05, 0) is 43.5 Å². The first-order valence-corrected chi connectivity index (χ1v) is 8.19. The molecule has 1 aliphatic carbocycles. The maximum Gasteiger partial charge on any atom is 0.0545 e. The summed E-state index contributed by atoms with van der Waals surface area (Å²) in [4.78, 5) is 0.919. The number of hydrogen-bond acceptors (Lipinski definition) is 2. The fourth-order valence-electron chi connectivity index (χ4n) is 1.99. The lowest BCUT2D eigenvalue weighted by molar-refractivity contribution is 0.514. The van der Waals surface area contributed by atoms with Gasteiger partial charge >= 0.3 is 0 Å². The van der Waals surface area contributed by atoms with Gasteiger partial charge in [0, 0.05) is 21.2 Å². The number of rotatable bonds is 6. The molecule has 1 aliphatic rings. The van der Waals surface area contributed by atoms with Gasteiger partial charge in [0.2, 0.25) is 0 Å². The van der Waals surface area contributed by atoms with Crippen molar-refractivity contribution in [3.63, 3.8) is 0 Å². The standard InChI is InChI=1S/C13H18BrNOS/c1-2-15-13(10-6-7-10)9-17(16)12-5-3-4-11(14)8-12/h3-5,8,10,13,15H,2,6-7,9H2,1H3. The quantitative estimate of drug-likeness (QED) is 0.874. The highest BCUT2D eigenvalue weighted by Gasteiger charge is 2.31. The van der Waals surface area contributed by atoms with Crippen LogP contribution in [0.25, 0.3) is 0 Å². The van der Waals surface area contributed by atoms with Crippen molar-refractivity contribution in [3.05, 3.63) is 28.7 Å². The molecule has 1 aromatic carbocycles. The third kappa shape index (κ3) is 3.90. The number of halogens is 1. The highest BCUT2D eigenvalue weighted by molar-refractivity contribution is 9.10. The largest absolute Gasteiger partial charge is 0.313 e. The molecule has 0 radical (unpaired) electrons. The molecular formula is C13H18BrNOS. The third-order valence-corrected chi connectivity index (χ3v) is 4.98. The van der Waals surface area contributed by atoms with Crippen LogP contribution in [0, 0.1) is 5.92 Å². The van der Waals surface area contributed by atoms with E-state index in [1.165, 1.54) is 12.8 Å².